The van der Waals surface area contributed by atoms with Crippen LogP contribution in [0.4, 0.5) is 5.69 Å². The summed E-state index contributed by atoms with van der Waals surface area (Å²) in [5.74, 6) is 0.289. The fourth-order valence-electron chi connectivity index (χ4n) is 1.80. The average Bonchev–Trinajstić information content (AvgIpc) is 2.92. The highest BCUT2D eigenvalue weighted by Gasteiger charge is 2.10. The van der Waals surface area contributed by atoms with Gasteiger partial charge in [-0.05, 0) is 17.7 Å². The van der Waals surface area contributed by atoms with Crippen molar-refractivity contribution >= 4 is 17.3 Å². The second kappa shape index (κ2) is 4.82. The van der Waals surface area contributed by atoms with Crippen LogP contribution < -0.4 is 11.3 Å². The Hall–Kier alpha value is -2.60. The van der Waals surface area contributed by atoms with E-state index in [1.54, 1.807) is 12.4 Å². The zero-order valence-corrected chi connectivity index (χ0v) is 11.0. The highest BCUT2D eigenvalue weighted by molar-refractivity contribution is 6.31. The lowest BCUT2D eigenvalue weighted by atomic mass is 10.1. The molecule has 0 fully saturated rings. The number of H-pyrrole nitrogens is 1. The molecule has 7 heteroatoms. The van der Waals surface area contributed by atoms with Crippen molar-refractivity contribution in [2.75, 3.05) is 5.73 Å². The molecule has 2 heterocycles. The van der Waals surface area contributed by atoms with Gasteiger partial charge in [0.25, 0.3) is 5.56 Å². The van der Waals surface area contributed by atoms with Crippen molar-refractivity contribution in [3.05, 3.63) is 58.4 Å². The van der Waals surface area contributed by atoms with Crippen LogP contribution in [0, 0.1) is 0 Å². The van der Waals surface area contributed by atoms with Gasteiger partial charge in [-0.3, -0.25) is 4.79 Å². The minimum Gasteiger partial charge on any atom is -0.399 e. The van der Waals surface area contributed by atoms with Gasteiger partial charge in [0, 0.05) is 17.4 Å². The number of nitrogens with zero attached hydrogens (tertiary/aromatic N) is 3. The van der Waals surface area contributed by atoms with Gasteiger partial charge >= 0.3 is 0 Å². The number of hydrogen-bond donors (Lipinski definition) is 2. The van der Waals surface area contributed by atoms with Gasteiger partial charge in [-0.15, -0.1) is 0 Å². The minimum absolute atomic E-state index is 0.000504. The van der Waals surface area contributed by atoms with Crippen LogP contribution in [-0.2, 0) is 0 Å². The average molecular weight is 288 g/mol. The monoisotopic (exact) mass is 287 g/mol. The van der Waals surface area contributed by atoms with Crippen molar-refractivity contribution in [3.63, 3.8) is 0 Å². The van der Waals surface area contributed by atoms with Crippen LogP contribution in [0.5, 0.6) is 0 Å². The van der Waals surface area contributed by atoms with Gasteiger partial charge in [0.15, 0.2) is 10.8 Å². The maximum atomic E-state index is 11.4. The SMILES string of the molecule is Nc1ccc(-c2cnn(-c3nc[nH]c(=O)c3Cl)c2)cc1. The molecule has 0 unspecified atom stereocenters. The molecule has 20 heavy (non-hydrogen) atoms. The summed E-state index contributed by atoms with van der Waals surface area (Å²) in [6, 6.07) is 7.41. The summed E-state index contributed by atoms with van der Waals surface area (Å²) >= 11 is 5.92. The van der Waals surface area contributed by atoms with Crippen molar-refractivity contribution in [1.82, 2.24) is 19.7 Å². The number of nitrogens with two attached hydrogens (primary N) is 1. The Kier molecular flexibility index (Phi) is 3.00. The first-order chi connectivity index (χ1) is 9.65. The normalized spacial score (nSPS) is 10.7. The van der Waals surface area contributed by atoms with Gasteiger partial charge < -0.3 is 10.7 Å². The Morgan fingerprint density at radius 3 is 2.70 bits per heavy atom. The van der Waals surface area contributed by atoms with Crippen LogP contribution in [-0.4, -0.2) is 19.7 Å². The number of anilines is 1. The van der Waals surface area contributed by atoms with E-state index >= 15 is 0 Å². The first-order valence-electron chi connectivity index (χ1n) is 5.79. The predicted molar refractivity (Wildman–Crippen MR) is 76.8 cm³/mol. The number of hydrogen-bond acceptors (Lipinski definition) is 4. The Morgan fingerprint density at radius 1 is 1.20 bits per heavy atom. The summed E-state index contributed by atoms with van der Waals surface area (Å²) in [6.45, 7) is 0. The fraction of sp³-hybridized carbons (Fsp3) is 0. The molecular formula is C13H10ClN5O. The summed E-state index contributed by atoms with van der Waals surface area (Å²) in [7, 11) is 0. The Morgan fingerprint density at radius 2 is 1.95 bits per heavy atom. The molecule has 3 rings (SSSR count). The zero-order valence-electron chi connectivity index (χ0n) is 10.2. The topological polar surface area (TPSA) is 89.6 Å². The third-order valence-corrected chi connectivity index (χ3v) is 3.16. The summed E-state index contributed by atoms with van der Waals surface area (Å²) in [5.41, 5.74) is 7.79. The van der Waals surface area contributed by atoms with E-state index in [1.165, 1.54) is 11.0 Å². The molecule has 0 bridgehead atoms. The molecular weight excluding hydrogens is 278 g/mol. The maximum absolute atomic E-state index is 11.4. The van der Waals surface area contributed by atoms with Crippen molar-refractivity contribution < 1.29 is 0 Å². The highest BCUT2D eigenvalue weighted by Crippen LogP contribution is 2.21. The van der Waals surface area contributed by atoms with Gasteiger partial charge in [0.05, 0.1) is 12.5 Å². The molecule has 0 aliphatic heterocycles. The first-order valence-corrected chi connectivity index (χ1v) is 6.17. The third-order valence-electron chi connectivity index (χ3n) is 2.82. The standard InChI is InChI=1S/C13H10ClN5O/c14-11-12(16-7-17-13(11)20)19-6-9(5-18-19)8-1-3-10(15)4-2-8/h1-7H,15H2,(H,16,17,20). The van der Waals surface area contributed by atoms with Crippen molar-refractivity contribution in [3.8, 4) is 16.9 Å². The Balaban J connectivity index is 2.04. The van der Waals surface area contributed by atoms with Crippen LogP contribution in [0.3, 0.4) is 0 Å². The van der Waals surface area contributed by atoms with Gasteiger partial charge in [-0.25, -0.2) is 9.67 Å². The second-order valence-electron chi connectivity index (χ2n) is 4.16. The van der Waals surface area contributed by atoms with Crippen molar-refractivity contribution in [2.45, 2.75) is 0 Å². The van der Waals surface area contributed by atoms with E-state index in [4.69, 9.17) is 17.3 Å². The lowest BCUT2D eigenvalue weighted by Gasteiger charge is -2.01. The van der Waals surface area contributed by atoms with E-state index in [1.807, 2.05) is 24.3 Å². The molecule has 0 atom stereocenters. The molecule has 0 aliphatic rings. The number of halogens is 1. The van der Waals surface area contributed by atoms with Gasteiger partial charge in [0.2, 0.25) is 0 Å². The summed E-state index contributed by atoms with van der Waals surface area (Å²) in [6.07, 6.45) is 4.71. The van der Waals surface area contributed by atoms with Gasteiger partial charge in [-0.1, -0.05) is 23.7 Å². The smallest absolute Gasteiger partial charge is 0.271 e. The maximum Gasteiger partial charge on any atom is 0.271 e. The molecule has 0 saturated carbocycles. The molecule has 0 aliphatic carbocycles. The number of nitrogens with one attached hydrogen (secondary N) is 1. The largest absolute Gasteiger partial charge is 0.399 e. The highest BCUT2D eigenvalue weighted by atomic mass is 35.5. The first kappa shape index (κ1) is 12.4. The van der Waals surface area contributed by atoms with Gasteiger partial charge in [0.1, 0.15) is 0 Å². The molecule has 6 nitrogen and oxygen atoms in total. The lowest BCUT2D eigenvalue weighted by Crippen LogP contribution is -2.11. The van der Waals surface area contributed by atoms with Crippen LogP contribution in [0.15, 0.2) is 47.8 Å². The van der Waals surface area contributed by atoms with E-state index in [0.29, 0.717) is 5.69 Å². The third kappa shape index (κ3) is 2.17. The summed E-state index contributed by atoms with van der Waals surface area (Å²) in [5, 5.41) is 4.17. The van der Waals surface area contributed by atoms with E-state index in [0.717, 1.165) is 11.1 Å². The van der Waals surface area contributed by atoms with Crippen LogP contribution in [0.2, 0.25) is 5.02 Å². The van der Waals surface area contributed by atoms with Crippen LogP contribution >= 0.6 is 11.6 Å². The number of aromatic amines is 1. The minimum atomic E-state index is -0.402. The van der Waals surface area contributed by atoms with E-state index < -0.39 is 5.56 Å². The zero-order chi connectivity index (χ0) is 14.1. The number of nitrogen functional groups attached to an aromatic ring is 1. The molecule has 2 aromatic heterocycles. The number of aromatic nitrogens is 4. The molecule has 0 amide bonds. The van der Waals surface area contributed by atoms with Crippen molar-refractivity contribution in [1.29, 1.82) is 0 Å². The summed E-state index contributed by atoms with van der Waals surface area (Å²) in [4.78, 5) is 17.9. The summed E-state index contributed by atoms with van der Waals surface area (Å²) < 4.78 is 1.46. The fourth-order valence-corrected chi connectivity index (χ4v) is 1.99. The predicted octanol–water partition coefficient (Wildman–Crippen LogP) is 1.86. The van der Waals surface area contributed by atoms with Gasteiger partial charge in [-0.2, -0.15) is 5.10 Å². The molecule has 3 aromatic rings. The molecule has 0 saturated heterocycles. The molecule has 0 radical (unpaired) electrons. The Bertz CT molecular complexity index is 806. The van der Waals surface area contributed by atoms with Crippen LogP contribution in [0.25, 0.3) is 16.9 Å². The van der Waals surface area contributed by atoms with Crippen molar-refractivity contribution in [2.24, 2.45) is 0 Å². The molecule has 3 N–H and O–H groups in total. The molecule has 100 valence electrons. The molecule has 0 spiro atoms. The van der Waals surface area contributed by atoms with E-state index in [2.05, 4.69) is 15.1 Å². The molecule has 1 aromatic carbocycles. The van der Waals surface area contributed by atoms with E-state index in [9.17, 15) is 4.79 Å². The number of rotatable bonds is 2. The quantitative estimate of drug-likeness (QED) is 0.704. The van der Waals surface area contributed by atoms with Crippen LogP contribution in [0.1, 0.15) is 0 Å². The number of benzene rings is 1. The second-order valence-corrected chi connectivity index (χ2v) is 4.54. The Labute approximate surface area is 118 Å². The van der Waals surface area contributed by atoms with E-state index in [-0.39, 0.29) is 10.8 Å². The lowest BCUT2D eigenvalue weighted by molar-refractivity contribution is 0.835.